The van der Waals surface area contributed by atoms with Crippen LogP contribution in [-0.2, 0) is 20.7 Å². The Hall–Kier alpha value is -0.880. The fourth-order valence-corrected chi connectivity index (χ4v) is 3.33. The van der Waals surface area contributed by atoms with Gasteiger partial charge in [-0.2, -0.15) is 0 Å². The number of esters is 1. The zero-order valence-electron chi connectivity index (χ0n) is 12.0. The van der Waals surface area contributed by atoms with Gasteiger partial charge in [0.05, 0.1) is 10.9 Å². The minimum absolute atomic E-state index is 0.000946. The molecule has 1 aromatic rings. The average molecular weight is 362 g/mol. The van der Waals surface area contributed by atoms with Gasteiger partial charge in [-0.3, -0.25) is 9.59 Å². The van der Waals surface area contributed by atoms with Crippen molar-refractivity contribution in [3.05, 3.63) is 20.8 Å². The molecule has 0 N–H and O–H groups in total. The topological polar surface area (TPSA) is 46.6 Å². The summed E-state index contributed by atoms with van der Waals surface area (Å²) in [6.07, 6.45) is 2.12. The van der Waals surface area contributed by atoms with Gasteiger partial charge in [-0.25, -0.2) is 0 Å². The van der Waals surface area contributed by atoms with Crippen LogP contribution in [0.15, 0.2) is 15.9 Å². The van der Waals surface area contributed by atoms with Crippen LogP contribution in [0.3, 0.4) is 0 Å². The molecule has 0 aliphatic rings. The van der Waals surface area contributed by atoms with Crippen molar-refractivity contribution in [3.8, 4) is 0 Å². The first kappa shape index (κ1) is 17.2. The maximum atomic E-state index is 12.1. The van der Waals surface area contributed by atoms with Crippen LogP contribution in [0.2, 0.25) is 0 Å². The SMILES string of the molecule is COC(=O)CN(C(=O)CCCc1ccc(Br)s1)C(C)C. The van der Waals surface area contributed by atoms with Crippen molar-refractivity contribution in [1.82, 2.24) is 4.90 Å². The first-order chi connectivity index (χ1) is 9.43. The van der Waals surface area contributed by atoms with Crippen LogP contribution in [0.25, 0.3) is 0 Å². The van der Waals surface area contributed by atoms with Gasteiger partial charge in [0.25, 0.3) is 0 Å². The Kier molecular flexibility index (Phi) is 7.23. The molecule has 6 heteroatoms. The Morgan fingerprint density at radius 3 is 2.60 bits per heavy atom. The minimum Gasteiger partial charge on any atom is -0.468 e. The summed E-state index contributed by atoms with van der Waals surface area (Å²) in [7, 11) is 1.33. The lowest BCUT2D eigenvalue weighted by Crippen LogP contribution is -2.41. The lowest BCUT2D eigenvalue weighted by atomic mass is 10.2. The first-order valence-corrected chi connectivity index (χ1v) is 8.15. The predicted octanol–water partition coefficient (Wildman–Crippen LogP) is 3.24. The fraction of sp³-hybridized carbons (Fsp3) is 0.571. The number of aryl methyl sites for hydroxylation is 1. The highest BCUT2D eigenvalue weighted by atomic mass is 79.9. The van der Waals surface area contributed by atoms with E-state index in [9.17, 15) is 9.59 Å². The van der Waals surface area contributed by atoms with Crippen molar-refractivity contribution in [2.45, 2.75) is 39.2 Å². The molecule has 0 spiro atoms. The standard InChI is InChI=1S/C14H20BrNO3S/c1-10(2)16(9-14(18)19-3)13(17)6-4-5-11-7-8-12(15)20-11/h7-8,10H,4-6,9H2,1-3H3. The Morgan fingerprint density at radius 2 is 2.10 bits per heavy atom. The summed E-state index contributed by atoms with van der Waals surface area (Å²) >= 11 is 5.11. The van der Waals surface area contributed by atoms with Crippen LogP contribution in [0, 0.1) is 0 Å². The van der Waals surface area contributed by atoms with Crippen molar-refractivity contribution in [2.24, 2.45) is 0 Å². The van der Waals surface area contributed by atoms with Gasteiger partial charge in [0.1, 0.15) is 6.54 Å². The third-order valence-electron chi connectivity index (χ3n) is 2.91. The monoisotopic (exact) mass is 361 g/mol. The molecule has 0 saturated carbocycles. The third-order valence-corrected chi connectivity index (χ3v) is 4.60. The van der Waals surface area contributed by atoms with Gasteiger partial charge in [-0.1, -0.05) is 0 Å². The second-order valence-corrected chi connectivity index (χ2v) is 7.30. The van der Waals surface area contributed by atoms with Crippen molar-refractivity contribution in [1.29, 1.82) is 0 Å². The normalized spacial score (nSPS) is 10.7. The number of ether oxygens (including phenoxy) is 1. The molecule has 1 aromatic heterocycles. The molecule has 0 radical (unpaired) electrons. The first-order valence-electron chi connectivity index (χ1n) is 6.54. The number of carbonyl (C=O) groups excluding carboxylic acids is 2. The number of nitrogens with zero attached hydrogens (tertiary/aromatic N) is 1. The lowest BCUT2D eigenvalue weighted by molar-refractivity contribution is -0.148. The zero-order valence-corrected chi connectivity index (χ0v) is 14.4. The van der Waals surface area contributed by atoms with Crippen LogP contribution in [0.1, 0.15) is 31.6 Å². The molecule has 0 unspecified atom stereocenters. The van der Waals surface area contributed by atoms with Gasteiger partial charge in [0, 0.05) is 17.3 Å². The number of carbonyl (C=O) groups is 2. The number of hydrogen-bond acceptors (Lipinski definition) is 4. The number of hydrogen-bond donors (Lipinski definition) is 0. The number of rotatable bonds is 7. The maximum absolute atomic E-state index is 12.1. The van der Waals surface area contributed by atoms with Crippen molar-refractivity contribution in [3.63, 3.8) is 0 Å². The molecule has 0 aliphatic carbocycles. The molecule has 1 rings (SSSR count). The molecular formula is C14H20BrNO3S. The number of halogens is 1. The second-order valence-electron chi connectivity index (χ2n) is 4.75. The highest BCUT2D eigenvalue weighted by molar-refractivity contribution is 9.11. The van der Waals surface area contributed by atoms with Crippen LogP contribution in [0.5, 0.6) is 0 Å². The highest BCUT2D eigenvalue weighted by Crippen LogP contribution is 2.23. The average Bonchev–Trinajstić information content (AvgIpc) is 2.80. The highest BCUT2D eigenvalue weighted by Gasteiger charge is 2.19. The van der Waals surface area contributed by atoms with Gasteiger partial charge in [-0.05, 0) is 54.8 Å². The summed E-state index contributed by atoms with van der Waals surface area (Å²) < 4.78 is 5.73. The summed E-state index contributed by atoms with van der Waals surface area (Å²) in [6, 6.07) is 4.07. The van der Waals surface area contributed by atoms with Gasteiger partial charge < -0.3 is 9.64 Å². The molecule has 112 valence electrons. The Bertz CT molecular complexity index is 459. The van der Waals surface area contributed by atoms with E-state index in [1.54, 1.807) is 16.2 Å². The zero-order chi connectivity index (χ0) is 15.1. The molecule has 4 nitrogen and oxygen atoms in total. The molecule has 0 aromatic carbocycles. The second kappa shape index (κ2) is 8.42. The van der Waals surface area contributed by atoms with Gasteiger partial charge >= 0.3 is 5.97 Å². The summed E-state index contributed by atoms with van der Waals surface area (Å²) in [5, 5.41) is 0. The van der Waals surface area contributed by atoms with E-state index in [0.29, 0.717) is 6.42 Å². The Labute approximate surface area is 132 Å². The summed E-state index contributed by atoms with van der Waals surface area (Å²) in [6.45, 7) is 3.83. The molecule has 1 heterocycles. The van der Waals surface area contributed by atoms with Crippen LogP contribution in [-0.4, -0.2) is 36.5 Å². The minimum atomic E-state index is -0.380. The lowest BCUT2D eigenvalue weighted by Gasteiger charge is -2.25. The summed E-state index contributed by atoms with van der Waals surface area (Å²) in [4.78, 5) is 26.3. The van der Waals surface area contributed by atoms with E-state index in [-0.39, 0.29) is 24.5 Å². The molecule has 0 bridgehead atoms. The van der Waals surface area contributed by atoms with Gasteiger partial charge in [0.2, 0.25) is 5.91 Å². The quantitative estimate of drug-likeness (QED) is 0.700. The predicted molar refractivity (Wildman–Crippen MR) is 83.8 cm³/mol. The Morgan fingerprint density at radius 1 is 1.40 bits per heavy atom. The number of methoxy groups -OCH3 is 1. The van der Waals surface area contributed by atoms with Crippen LogP contribution >= 0.6 is 27.3 Å². The number of thiophene rings is 1. The molecule has 0 aliphatic heterocycles. The van der Waals surface area contributed by atoms with Crippen molar-refractivity contribution >= 4 is 39.1 Å². The molecule has 0 saturated heterocycles. The number of amides is 1. The molecule has 0 fully saturated rings. The van der Waals surface area contributed by atoms with E-state index in [2.05, 4.69) is 26.7 Å². The maximum Gasteiger partial charge on any atom is 0.325 e. The third kappa shape index (κ3) is 5.63. The smallest absolute Gasteiger partial charge is 0.325 e. The molecule has 20 heavy (non-hydrogen) atoms. The van der Waals surface area contributed by atoms with E-state index in [0.717, 1.165) is 16.6 Å². The van der Waals surface area contributed by atoms with E-state index < -0.39 is 0 Å². The van der Waals surface area contributed by atoms with Crippen molar-refractivity contribution in [2.75, 3.05) is 13.7 Å². The van der Waals surface area contributed by atoms with Gasteiger partial charge in [-0.15, -0.1) is 11.3 Å². The largest absolute Gasteiger partial charge is 0.468 e. The van der Waals surface area contributed by atoms with Crippen LogP contribution in [0.4, 0.5) is 0 Å². The van der Waals surface area contributed by atoms with Gasteiger partial charge in [0.15, 0.2) is 0 Å². The van der Waals surface area contributed by atoms with Crippen molar-refractivity contribution < 1.29 is 14.3 Å². The molecule has 1 amide bonds. The molecule has 0 atom stereocenters. The molecular weight excluding hydrogens is 342 g/mol. The van der Waals surface area contributed by atoms with Crippen LogP contribution < -0.4 is 0 Å². The Balaban J connectivity index is 2.43. The van der Waals surface area contributed by atoms with E-state index >= 15 is 0 Å². The fourth-order valence-electron chi connectivity index (χ4n) is 1.81. The summed E-state index contributed by atoms with van der Waals surface area (Å²) in [5.74, 6) is -0.379. The summed E-state index contributed by atoms with van der Waals surface area (Å²) in [5.41, 5.74) is 0. The van der Waals surface area contributed by atoms with E-state index in [4.69, 9.17) is 0 Å². The van der Waals surface area contributed by atoms with E-state index in [1.807, 2.05) is 19.9 Å². The van der Waals surface area contributed by atoms with E-state index in [1.165, 1.54) is 12.0 Å².